The third-order valence-electron chi connectivity index (χ3n) is 7.29. The molecular formula is C31H39N5O6S. The molecule has 3 N–H and O–H groups in total. The van der Waals surface area contributed by atoms with E-state index in [2.05, 4.69) is 15.6 Å². The van der Waals surface area contributed by atoms with Gasteiger partial charge in [0.15, 0.2) is 6.10 Å². The Hall–Kier alpha value is -3.77. The number of hydrogen-bond acceptors (Lipinski definition) is 9. The van der Waals surface area contributed by atoms with Crippen LogP contribution in [-0.4, -0.2) is 80.4 Å². The van der Waals surface area contributed by atoms with Gasteiger partial charge in [0, 0.05) is 24.7 Å². The Morgan fingerprint density at radius 2 is 1.98 bits per heavy atom. The van der Waals surface area contributed by atoms with E-state index in [1.54, 1.807) is 27.0 Å². The monoisotopic (exact) mass is 609 g/mol. The molecule has 0 radical (unpaired) electrons. The van der Waals surface area contributed by atoms with E-state index in [0.717, 1.165) is 23.1 Å². The van der Waals surface area contributed by atoms with Gasteiger partial charge in [0.25, 0.3) is 5.91 Å². The number of ether oxygens (including phenoxy) is 2. The highest BCUT2D eigenvalue weighted by molar-refractivity contribution is 7.17. The molecule has 1 saturated carbocycles. The summed E-state index contributed by atoms with van der Waals surface area (Å²) in [7, 11) is 0. The lowest BCUT2D eigenvalue weighted by molar-refractivity contribution is -0.133. The van der Waals surface area contributed by atoms with Gasteiger partial charge in [-0.05, 0) is 63.6 Å². The zero-order valence-corrected chi connectivity index (χ0v) is 25.7. The summed E-state index contributed by atoms with van der Waals surface area (Å²) < 4.78 is 13.0. The van der Waals surface area contributed by atoms with Gasteiger partial charge in [-0.3, -0.25) is 19.5 Å². The lowest BCUT2D eigenvalue weighted by atomic mass is 10.0. The summed E-state index contributed by atoms with van der Waals surface area (Å²) in [5.74, 6) is -0.384. The second-order valence-corrected chi connectivity index (χ2v) is 13.0. The number of amides is 3. The number of hydrogen-bond donors (Lipinski definition) is 3. The number of aliphatic hydroxyl groups excluding tert-OH is 1. The van der Waals surface area contributed by atoms with Crippen molar-refractivity contribution < 1.29 is 29.0 Å². The van der Waals surface area contributed by atoms with Crippen LogP contribution in [0.4, 0.5) is 4.79 Å². The molecule has 1 aliphatic heterocycles. The van der Waals surface area contributed by atoms with Gasteiger partial charge in [-0.1, -0.05) is 19.4 Å². The van der Waals surface area contributed by atoms with Crippen molar-refractivity contribution in [3.63, 3.8) is 0 Å². The van der Waals surface area contributed by atoms with Crippen LogP contribution in [0.1, 0.15) is 59.8 Å². The van der Waals surface area contributed by atoms with Crippen molar-refractivity contribution in [3.8, 4) is 17.1 Å². The molecule has 4 heterocycles. The molecule has 3 aromatic rings. The van der Waals surface area contributed by atoms with Crippen molar-refractivity contribution in [1.82, 2.24) is 25.5 Å². The van der Waals surface area contributed by atoms with Crippen LogP contribution in [0.3, 0.4) is 0 Å². The smallest absolute Gasteiger partial charge is 0.411 e. The van der Waals surface area contributed by atoms with Crippen LogP contribution in [-0.2, 0) is 14.3 Å². The number of pyridine rings is 2. The number of nitrogens with one attached hydrogen (secondary N) is 2. The predicted octanol–water partition coefficient (Wildman–Crippen LogP) is 4.04. The van der Waals surface area contributed by atoms with E-state index in [1.807, 2.05) is 42.6 Å². The van der Waals surface area contributed by atoms with E-state index in [0.29, 0.717) is 30.0 Å². The van der Waals surface area contributed by atoms with Crippen LogP contribution < -0.4 is 15.4 Å². The summed E-state index contributed by atoms with van der Waals surface area (Å²) in [5, 5.41) is 18.4. The van der Waals surface area contributed by atoms with E-state index >= 15 is 0 Å². The fraction of sp³-hybridized carbons (Fsp3) is 0.516. The molecule has 1 unspecified atom stereocenters. The molecule has 11 nitrogen and oxygen atoms in total. The lowest BCUT2D eigenvalue weighted by Gasteiger charge is -2.29. The number of fused-ring (bicyclic) bond motifs is 1. The number of rotatable bonds is 10. The highest BCUT2D eigenvalue weighted by Crippen LogP contribution is 2.35. The molecule has 0 bridgehead atoms. The number of nitrogens with zero attached hydrogens (tertiary/aromatic N) is 3. The van der Waals surface area contributed by atoms with Crippen LogP contribution in [0.25, 0.3) is 21.6 Å². The molecule has 1 saturated heterocycles. The summed E-state index contributed by atoms with van der Waals surface area (Å²) in [6.45, 7) is 7.32. The normalized spacial score (nSPS) is 20.0. The van der Waals surface area contributed by atoms with Gasteiger partial charge in [-0.15, -0.1) is 11.3 Å². The zero-order valence-electron chi connectivity index (χ0n) is 24.9. The summed E-state index contributed by atoms with van der Waals surface area (Å²) in [5.41, 5.74) is 1.34. The first kappa shape index (κ1) is 30.7. The lowest BCUT2D eigenvalue weighted by Crippen LogP contribution is -2.55. The Morgan fingerprint density at radius 3 is 2.65 bits per heavy atom. The number of aromatic nitrogens is 2. The molecule has 3 aromatic heterocycles. The fourth-order valence-corrected chi connectivity index (χ4v) is 5.88. The molecule has 2 aliphatic rings. The van der Waals surface area contributed by atoms with Gasteiger partial charge in [0.2, 0.25) is 5.91 Å². The maximum atomic E-state index is 13.7. The van der Waals surface area contributed by atoms with Gasteiger partial charge in [-0.2, -0.15) is 0 Å². The first-order valence-electron chi connectivity index (χ1n) is 14.8. The molecule has 5 rings (SSSR count). The van der Waals surface area contributed by atoms with Gasteiger partial charge in [0.1, 0.15) is 23.5 Å². The number of likely N-dealkylation sites (tertiary alicyclic amines) is 1. The number of carbonyl (C=O) groups excluding carboxylic acids is 3. The summed E-state index contributed by atoms with van der Waals surface area (Å²) in [4.78, 5) is 50.1. The van der Waals surface area contributed by atoms with Crippen molar-refractivity contribution >= 4 is 39.5 Å². The van der Waals surface area contributed by atoms with E-state index in [1.165, 1.54) is 16.2 Å². The molecule has 3 amide bonds. The zero-order chi connectivity index (χ0) is 30.7. The highest BCUT2D eigenvalue weighted by atomic mass is 32.1. The Labute approximate surface area is 255 Å². The average molecular weight is 610 g/mol. The van der Waals surface area contributed by atoms with Gasteiger partial charge >= 0.3 is 6.09 Å². The Kier molecular flexibility index (Phi) is 9.16. The highest BCUT2D eigenvalue weighted by Gasteiger charge is 2.44. The van der Waals surface area contributed by atoms with E-state index < -0.39 is 47.8 Å². The van der Waals surface area contributed by atoms with E-state index in [4.69, 9.17) is 14.5 Å². The van der Waals surface area contributed by atoms with Crippen molar-refractivity contribution in [1.29, 1.82) is 0 Å². The minimum Gasteiger partial charge on any atom is -0.487 e. The Balaban J connectivity index is 1.37. The quantitative estimate of drug-likeness (QED) is 0.313. The SMILES string of the molecule is CCC[C@H](NC(=O)[C@@H]1C[C@@H](Oc2cc(-c3ccccn3)nc3ccsc23)CN1C(=O)OC(C)(C)C)C(O)C(=O)NC1CC1. The molecule has 230 valence electrons. The summed E-state index contributed by atoms with van der Waals surface area (Å²) in [6.07, 6.45) is 2.14. The molecule has 0 spiro atoms. The first-order valence-corrected chi connectivity index (χ1v) is 15.6. The molecule has 12 heteroatoms. The van der Waals surface area contributed by atoms with E-state index in [-0.39, 0.29) is 19.0 Å². The third kappa shape index (κ3) is 7.61. The number of aliphatic hydroxyl groups is 1. The summed E-state index contributed by atoms with van der Waals surface area (Å²) >= 11 is 1.49. The maximum absolute atomic E-state index is 13.7. The van der Waals surface area contributed by atoms with Crippen LogP contribution in [0.15, 0.2) is 41.9 Å². The Morgan fingerprint density at radius 1 is 1.19 bits per heavy atom. The van der Waals surface area contributed by atoms with Crippen LogP contribution in [0.5, 0.6) is 5.75 Å². The largest absolute Gasteiger partial charge is 0.487 e. The van der Waals surface area contributed by atoms with E-state index in [9.17, 15) is 19.5 Å². The molecule has 2 fully saturated rings. The second-order valence-electron chi connectivity index (χ2n) is 12.1. The molecular weight excluding hydrogens is 570 g/mol. The second kappa shape index (κ2) is 12.8. The van der Waals surface area contributed by atoms with Crippen molar-refractivity contribution in [2.45, 2.75) is 95.7 Å². The number of thiophene rings is 1. The van der Waals surface area contributed by atoms with Crippen LogP contribution >= 0.6 is 11.3 Å². The first-order chi connectivity index (χ1) is 20.5. The molecule has 43 heavy (non-hydrogen) atoms. The predicted molar refractivity (Wildman–Crippen MR) is 163 cm³/mol. The van der Waals surface area contributed by atoms with Crippen molar-refractivity contribution in [2.75, 3.05) is 6.54 Å². The number of carbonyl (C=O) groups is 3. The molecule has 1 aliphatic carbocycles. The minimum atomic E-state index is -1.40. The van der Waals surface area contributed by atoms with Gasteiger partial charge in [-0.25, -0.2) is 9.78 Å². The fourth-order valence-electron chi connectivity index (χ4n) is 5.09. The standard InChI is InChI=1S/C31H39N5O6S/c1-5-8-21(26(37)29(39)33-18-10-11-18)35-28(38)24-15-19(17-36(24)30(40)42-31(2,3)4)41-25-16-23(20-9-6-7-13-32-20)34-22-12-14-43-27(22)25/h6-7,9,12-14,16,18-19,21,24,26,37H,5,8,10-11,15,17H2,1-4H3,(H,33,39)(H,35,38)/t19-,21+,24+,26?/m1/s1. The topological polar surface area (TPSA) is 143 Å². The maximum Gasteiger partial charge on any atom is 0.411 e. The van der Waals surface area contributed by atoms with Gasteiger partial charge in [0.05, 0.1) is 34.2 Å². The van der Waals surface area contributed by atoms with Crippen LogP contribution in [0, 0.1) is 0 Å². The Bertz CT molecular complexity index is 1450. The molecule has 0 aromatic carbocycles. The van der Waals surface area contributed by atoms with Crippen molar-refractivity contribution in [2.24, 2.45) is 0 Å². The van der Waals surface area contributed by atoms with Crippen molar-refractivity contribution in [3.05, 3.63) is 41.9 Å². The average Bonchev–Trinajstić information content (AvgIpc) is 3.46. The minimum absolute atomic E-state index is 0.0803. The summed E-state index contributed by atoms with van der Waals surface area (Å²) in [6, 6.07) is 7.70. The van der Waals surface area contributed by atoms with Crippen LogP contribution in [0.2, 0.25) is 0 Å². The van der Waals surface area contributed by atoms with Gasteiger partial charge < -0.3 is 25.2 Å². The molecule has 4 atom stereocenters. The third-order valence-corrected chi connectivity index (χ3v) is 8.21.